The Labute approximate surface area is 175 Å². The van der Waals surface area contributed by atoms with Crippen molar-refractivity contribution in [2.75, 3.05) is 13.1 Å². The average Bonchev–Trinajstić information content (AvgIpc) is 2.62. The molecule has 0 bridgehead atoms. The fourth-order valence-electron chi connectivity index (χ4n) is 2.85. The Morgan fingerprint density at radius 1 is 1.36 bits per heavy atom. The molecule has 4 N–H and O–H groups in total. The van der Waals surface area contributed by atoms with Gasteiger partial charge >= 0.3 is 0 Å². The normalized spacial score (nSPS) is 17.4. The first-order chi connectivity index (χ1) is 13.1. The molecule has 1 aliphatic rings. The second-order valence-electron chi connectivity index (χ2n) is 6.89. The van der Waals surface area contributed by atoms with E-state index < -0.39 is 15.7 Å². The molecule has 28 heavy (non-hydrogen) atoms. The predicted molar refractivity (Wildman–Crippen MR) is 113 cm³/mol. The first-order valence-electron chi connectivity index (χ1n) is 8.63. The highest BCUT2D eigenvalue weighted by molar-refractivity contribution is 7.87. The van der Waals surface area contributed by atoms with Crippen molar-refractivity contribution in [3.8, 4) is 5.75 Å². The van der Waals surface area contributed by atoms with E-state index in [4.69, 9.17) is 33.8 Å². The van der Waals surface area contributed by atoms with Crippen molar-refractivity contribution in [3.63, 3.8) is 0 Å². The second-order valence-corrected chi connectivity index (χ2v) is 9.38. The minimum Gasteiger partial charge on any atom is -0.490 e. The molecule has 156 valence electrons. The maximum Gasteiger partial charge on any atom is 0.280 e. The lowest BCUT2D eigenvalue weighted by atomic mass is 10.0. The standard InChI is InChI=1S/C17H25Cl2N5O3S/c1-17(2,16(22-20)11-21-3)23-28(25,26)24-8-6-12(7-9-24)27-13-4-5-14(18)15(19)10-13/h4-5,10-12,22-23H,3,6-9,20H2,1-2H3/b16-11-. The van der Waals surface area contributed by atoms with Crippen LogP contribution in [0, 0.1) is 0 Å². The van der Waals surface area contributed by atoms with E-state index in [9.17, 15) is 8.42 Å². The Morgan fingerprint density at radius 2 is 2.00 bits per heavy atom. The van der Waals surface area contributed by atoms with Crippen molar-refractivity contribution in [2.24, 2.45) is 10.8 Å². The third-order valence-corrected chi connectivity index (χ3v) is 6.92. The van der Waals surface area contributed by atoms with E-state index in [2.05, 4.69) is 21.9 Å². The molecule has 11 heteroatoms. The van der Waals surface area contributed by atoms with Crippen LogP contribution in [0.15, 0.2) is 35.1 Å². The quantitative estimate of drug-likeness (QED) is 0.320. The fourth-order valence-corrected chi connectivity index (χ4v) is 4.71. The van der Waals surface area contributed by atoms with Gasteiger partial charge in [-0.15, -0.1) is 0 Å². The number of ether oxygens (including phenoxy) is 1. The van der Waals surface area contributed by atoms with Crippen molar-refractivity contribution < 1.29 is 13.2 Å². The van der Waals surface area contributed by atoms with Gasteiger partial charge in [0.15, 0.2) is 0 Å². The SMILES string of the molecule is C=N/C=C(\NN)C(C)(C)NS(=O)(=O)N1CCC(Oc2ccc(Cl)c(Cl)c2)CC1. The Balaban J connectivity index is 1.98. The van der Waals surface area contributed by atoms with E-state index >= 15 is 0 Å². The maximum absolute atomic E-state index is 12.8. The number of hydrazine groups is 1. The molecule has 8 nitrogen and oxygen atoms in total. The number of piperidine rings is 1. The van der Waals surface area contributed by atoms with E-state index in [1.165, 1.54) is 10.5 Å². The number of benzene rings is 1. The summed E-state index contributed by atoms with van der Waals surface area (Å²) in [6.07, 6.45) is 2.36. The number of rotatable bonds is 8. The molecule has 1 aromatic rings. The predicted octanol–water partition coefficient (Wildman–Crippen LogP) is 2.45. The van der Waals surface area contributed by atoms with Crippen LogP contribution in [0.2, 0.25) is 10.0 Å². The zero-order chi connectivity index (χ0) is 20.9. The molecule has 1 fully saturated rings. The molecule has 0 saturated carbocycles. The summed E-state index contributed by atoms with van der Waals surface area (Å²) >= 11 is 11.9. The molecule has 0 spiro atoms. The second kappa shape index (κ2) is 9.43. The van der Waals surface area contributed by atoms with Gasteiger partial charge in [0, 0.05) is 25.4 Å². The number of nitrogens with zero attached hydrogens (tertiary/aromatic N) is 2. The maximum atomic E-state index is 12.8. The highest BCUT2D eigenvalue weighted by atomic mass is 35.5. The Hall–Kier alpha value is -1.36. The van der Waals surface area contributed by atoms with E-state index in [1.54, 1.807) is 32.0 Å². The van der Waals surface area contributed by atoms with Crippen LogP contribution >= 0.6 is 23.2 Å². The molecule has 1 aliphatic heterocycles. The molecule has 2 rings (SSSR count). The monoisotopic (exact) mass is 449 g/mol. The molecule has 0 aromatic heterocycles. The van der Waals surface area contributed by atoms with Gasteiger partial charge in [0.05, 0.1) is 21.3 Å². The minimum atomic E-state index is -3.73. The van der Waals surface area contributed by atoms with E-state index in [0.29, 0.717) is 47.4 Å². The van der Waals surface area contributed by atoms with Gasteiger partial charge in [0.1, 0.15) is 11.9 Å². The zero-order valence-corrected chi connectivity index (χ0v) is 18.1. The summed E-state index contributed by atoms with van der Waals surface area (Å²) < 4.78 is 35.5. The smallest absolute Gasteiger partial charge is 0.280 e. The van der Waals surface area contributed by atoms with Gasteiger partial charge in [0.25, 0.3) is 10.2 Å². The molecule has 1 saturated heterocycles. The zero-order valence-electron chi connectivity index (χ0n) is 15.8. The summed E-state index contributed by atoms with van der Waals surface area (Å²) in [7, 11) is -3.73. The van der Waals surface area contributed by atoms with Gasteiger partial charge in [-0.25, -0.2) is 0 Å². The minimum absolute atomic E-state index is 0.108. The van der Waals surface area contributed by atoms with E-state index in [-0.39, 0.29) is 6.10 Å². The highest BCUT2D eigenvalue weighted by Crippen LogP contribution is 2.28. The van der Waals surface area contributed by atoms with Gasteiger partial charge in [-0.05, 0) is 45.5 Å². The summed E-state index contributed by atoms with van der Waals surface area (Å²) in [5.41, 5.74) is 1.86. The van der Waals surface area contributed by atoms with Crippen molar-refractivity contribution in [2.45, 2.75) is 38.3 Å². The first kappa shape index (κ1) is 22.9. The molecular formula is C17H25Cl2N5O3S. The number of nitrogens with two attached hydrogens (primary N) is 1. The van der Waals surface area contributed by atoms with E-state index in [0.717, 1.165) is 0 Å². The van der Waals surface area contributed by atoms with Gasteiger partial charge in [-0.3, -0.25) is 10.8 Å². The summed E-state index contributed by atoms with van der Waals surface area (Å²) in [4.78, 5) is 3.64. The molecule has 1 heterocycles. The first-order valence-corrected chi connectivity index (χ1v) is 10.8. The molecule has 1 aromatic carbocycles. The molecule has 0 aliphatic carbocycles. The van der Waals surface area contributed by atoms with Crippen LogP contribution in [-0.2, 0) is 10.2 Å². The summed E-state index contributed by atoms with van der Waals surface area (Å²) in [6, 6.07) is 5.06. The Kier molecular flexibility index (Phi) is 7.72. The van der Waals surface area contributed by atoms with Crippen LogP contribution in [0.4, 0.5) is 0 Å². The fraction of sp³-hybridized carbons (Fsp3) is 0.471. The van der Waals surface area contributed by atoms with Gasteiger partial charge < -0.3 is 10.2 Å². The van der Waals surface area contributed by atoms with Crippen LogP contribution < -0.4 is 20.7 Å². The lowest BCUT2D eigenvalue weighted by Gasteiger charge is -2.35. The highest BCUT2D eigenvalue weighted by Gasteiger charge is 2.35. The van der Waals surface area contributed by atoms with Gasteiger partial charge in [-0.2, -0.15) is 17.4 Å². The Morgan fingerprint density at radius 3 is 2.54 bits per heavy atom. The summed E-state index contributed by atoms with van der Waals surface area (Å²) in [5.74, 6) is 6.07. The third kappa shape index (κ3) is 5.82. The van der Waals surface area contributed by atoms with Gasteiger partial charge in [-0.1, -0.05) is 23.2 Å². The molecule has 0 unspecified atom stereocenters. The van der Waals surface area contributed by atoms with Crippen molar-refractivity contribution >= 4 is 40.1 Å². The van der Waals surface area contributed by atoms with E-state index in [1.807, 2.05) is 0 Å². The number of hydrogen-bond donors (Lipinski definition) is 3. The molecule has 0 atom stereocenters. The molecule has 0 amide bonds. The third-order valence-electron chi connectivity index (χ3n) is 4.37. The summed E-state index contributed by atoms with van der Waals surface area (Å²) in [6.45, 7) is 7.38. The average molecular weight is 450 g/mol. The Bertz CT molecular complexity index is 837. The number of hydrogen-bond acceptors (Lipinski definition) is 6. The lowest BCUT2D eigenvalue weighted by Crippen LogP contribution is -2.55. The van der Waals surface area contributed by atoms with Gasteiger partial charge in [0.2, 0.25) is 0 Å². The number of nitrogens with one attached hydrogen (secondary N) is 2. The number of halogens is 2. The lowest BCUT2D eigenvalue weighted by molar-refractivity contribution is 0.134. The van der Waals surface area contributed by atoms with Crippen LogP contribution in [0.1, 0.15) is 26.7 Å². The largest absolute Gasteiger partial charge is 0.490 e. The number of aliphatic imine (C=N–C) groups is 1. The van der Waals surface area contributed by atoms with Crippen LogP contribution in [0.5, 0.6) is 5.75 Å². The van der Waals surface area contributed by atoms with Crippen molar-refractivity contribution in [1.82, 2.24) is 14.5 Å². The van der Waals surface area contributed by atoms with Crippen LogP contribution in [0.25, 0.3) is 0 Å². The van der Waals surface area contributed by atoms with Crippen molar-refractivity contribution in [3.05, 3.63) is 40.1 Å². The van der Waals surface area contributed by atoms with Crippen LogP contribution in [0.3, 0.4) is 0 Å². The summed E-state index contributed by atoms with van der Waals surface area (Å²) in [5, 5.41) is 0.868. The van der Waals surface area contributed by atoms with Crippen LogP contribution in [-0.4, -0.2) is 44.2 Å². The van der Waals surface area contributed by atoms with Crippen molar-refractivity contribution in [1.29, 1.82) is 0 Å². The molecule has 0 radical (unpaired) electrons. The molecular weight excluding hydrogens is 425 g/mol. The topological polar surface area (TPSA) is 109 Å².